The van der Waals surface area contributed by atoms with Crippen LogP contribution in [0.2, 0.25) is 5.02 Å². The van der Waals surface area contributed by atoms with Crippen molar-refractivity contribution >= 4 is 23.2 Å². The van der Waals surface area contributed by atoms with Crippen molar-refractivity contribution in [3.8, 4) is 23.0 Å². The molecule has 0 saturated heterocycles. The van der Waals surface area contributed by atoms with Gasteiger partial charge in [-0.3, -0.25) is 4.79 Å². The second kappa shape index (κ2) is 9.67. The third-order valence-corrected chi connectivity index (χ3v) is 3.94. The van der Waals surface area contributed by atoms with Crippen LogP contribution >= 0.6 is 11.6 Å². The lowest BCUT2D eigenvalue weighted by atomic mass is 10.3. The fourth-order valence-corrected chi connectivity index (χ4v) is 2.52. The van der Waals surface area contributed by atoms with Crippen LogP contribution in [-0.4, -0.2) is 19.1 Å². The van der Waals surface area contributed by atoms with Gasteiger partial charge in [0.2, 0.25) is 0 Å². The molecule has 0 aromatic heterocycles. The van der Waals surface area contributed by atoms with Gasteiger partial charge < -0.3 is 19.5 Å². The maximum atomic E-state index is 12.0. The van der Waals surface area contributed by atoms with E-state index in [4.69, 9.17) is 25.8 Å². The Hall–Kier alpha value is -3.18. The first-order valence-electron chi connectivity index (χ1n) is 8.81. The molecule has 0 radical (unpaired) electrons. The van der Waals surface area contributed by atoms with Gasteiger partial charge in [0, 0.05) is 10.7 Å². The average Bonchev–Trinajstić information content (AvgIpc) is 2.71. The maximum Gasteiger partial charge on any atom is 0.262 e. The molecule has 3 rings (SSSR count). The molecule has 0 aliphatic carbocycles. The van der Waals surface area contributed by atoms with Crippen LogP contribution in [0.4, 0.5) is 5.69 Å². The lowest BCUT2D eigenvalue weighted by Gasteiger charge is -2.10. The van der Waals surface area contributed by atoms with E-state index >= 15 is 0 Å². The topological polar surface area (TPSA) is 56.8 Å². The minimum atomic E-state index is -0.255. The molecular weight excluding hydrogens is 378 g/mol. The zero-order chi connectivity index (χ0) is 19.8. The number of rotatable bonds is 8. The number of nitrogens with one attached hydrogen (secondary N) is 1. The average molecular weight is 398 g/mol. The summed E-state index contributed by atoms with van der Waals surface area (Å²) in [5.41, 5.74) is 0.656. The molecule has 0 aliphatic rings. The van der Waals surface area contributed by atoms with E-state index in [1.807, 2.05) is 31.2 Å². The van der Waals surface area contributed by atoms with Crippen LogP contribution in [0, 0.1) is 0 Å². The van der Waals surface area contributed by atoms with Crippen LogP contribution in [-0.2, 0) is 4.79 Å². The van der Waals surface area contributed by atoms with E-state index < -0.39 is 0 Å². The highest BCUT2D eigenvalue weighted by atomic mass is 35.5. The van der Waals surface area contributed by atoms with E-state index in [0.717, 1.165) is 5.75 Å². The smallest absolute Gasteiger partial charge is 0.262 e. The monoisotopic (exact) mass is 397 g/mol. The zero-order valence-electron chi connectivity index (χ0n) is 15.4. The Balaban J connectivity index is 1.49. The van der Waals surface area contributed by atoms with E-state index in [1.54, 1.807) is 48.5 Å². The van der Waals surface area contributed by atoms with E-state index in [9.17, 15) is 4.79 Å². The lowest BCUT2D eigenvalue weighted by Crippen LogP contribution is -2.20. The molecule has 0 aliphatic heterocycles. The first kappa shape index (κ1) is 19.6. The van der Waals surface area contributed by atoms with Crippen molar-refractivity contribution in [1.82, 2.24) is 0 Å². The molecular formula is C22H20ClNO4. The third kappa shape index (κ3) is 5.93. The summed E-state index contributed by atoms with van der Waals surface area (Å²) >= 11 is 5.81. The van der Waals surface area contributed by atoms with Gasteiger partial charge in [-0.15, -0.1) is 0 Å². The lowest BCUT2D eigenvalue weighted by molar-refractivity contribution is -0.118. The summed E-state index contributed by atoms with van der Waals surface area (Å²) in [4.78, 5) is 12.0. The Morgan fingerprint density at radius 3 is 1.89 bits per heavy atom. The molecule has 0 unspecified atom stereocenters. The van der Waals surface area contributed by atoms with Gasteiger partial charge in [0.1, 0.15) is 23.0 Å². The summed E-state index contributed by atoms with van der Waals surface area (Å²) in [6.07, 6.45) is 0. The van der Waals surface area contributed by atoms with Crippen LogP contribution in [0.25, 0.3) is 0 Å². The van der Waals surface area contributed by atoms with Gasteiger partial charge in [0.25, 0.3) is 5.91 Å². The molecule has 1 N–H and O–H groups in total. The van der Waals surface area contributed by atoms with Crippen molar-refractivity contribution in [3.63, 3.8) is 0 Å². The van der Waals surface area contributed by atoms with Gasteiger partial charge in [-0.2, -0.15) is 0 Å². The van der Waals surface area contributed by atoms with Gasteiger partial charge >= 0.3 is 0 Å². The summed E-state index contributed by atoms with van der Waals surface area (Å²) in [5, 5.41) is 3.39. The molecule has 28 heavy (non-hydrogen) atoms. The quantitative estimate of drug-likeness (QED) is 0.541. The molecule has 0 atom stereocenters. The molecule has 0 bridgehead atoms. The van der Waals surface area contributed by atoms with E-state index in [1.165, 1.54) is 0 Å². The maximum absolute atomic E-state index is 12.0. The van der Waals surface area contributed by atoms with Crippen molar-refractivity contribution in [2.75, 3.05) is 18.5 Å². The highest BCUT2D eigenvalue weighted by Gasteiger charge is 2.05. The highest BCUT2D eigenvalue weighted by Crippen LogP contribution is 2.25. The molecule has 0 spiro atoms. The molecule has 3 aromatic rings. The SMILES string of the molecule is CCOc1ccc(Oc2ccc(NC(=O)COc3ccc(Cl)cc3)cc2)cc1. The van der Waals surface area contributed by atoms with Crippen LogP contribution < -0.4 is 19.5 Å². The largest absolute Gasteiger partial charge is 0.494 e. The summed E-state index contributed by atoms with van der Waals surface area (Å²) in [6, 6.07) is 21.3. The molecule has 144 valence electrons. The Bertz CT molecular complexity index is 893. The number of benzene rings is 3. The van der Waals surface area contributed by atoms with Gasteiger partial charge in [0.05, 0.1) is 6.61 Å². The molecule has 0 heterocycles. The van der Waals surface area contributed by atoms with Crippen LogP contribution in [0.5, 0.6) is 23.0 Å². The zero-order valence-corrected chi connectivity index (χ0v) is 16.1. The number of amides is 1. The van der Waals surface area contributed by atoms with Crippen LogP contribution in [0.3, 0.4) is 0 Å². The third-order valence-electron chi connectivity index (χ3n) is 3.69. The minimum absolute atomic E-state index is 0.0912. The number of hydrogen-bond donors (Lipinski definition) is 1. The van der Waals surface area contributed by atoms with Crippen molar-refractivity contribution in [2.24, 2.45) is 0 Å². The van der Waals surface area contributed by atoms with Crippen molar-refractivity contribution in [1.29, 1.82) is 0 Å². The summed E-state index contributed by atoms with van der Waals surface area (Å²) in [5.74, 6) is 2.50. The Kier molecular flexibility index (Phi) is 6.76. The van der Waals surface area contributed by atoms with Crippen LogP contribution in [0.15, 0.2) is 72.8 Å². The highest BCUT2D eigenvalue weighted by molar-refractivity contribution is 6.30. The van der Waals surface area contributed by atoms with Crippen molar-refractivity contribution in [2.45, 2.75) is 6.92 Å². The summed E-state index contributed by atoms with van der Waals surface area (Å²) in [7, 11) is 0. The predicted octanol–water partition coefficient (Wildman–Crippen LogP) is 5.55. The van der Waals surface area contributed by atoms with E-state index in [0.29, 0.717) is 34.6 Å². The second-order valence-electron chi connectivity index (χ2n) is 5.82. The first-order valence-corrected chi connectivity index (χ1v) is 9.19. The Labute approximate surface area is 168 Å². The number of carbonyl (C=O) groups is 1. The van der Waals surface area contributed by atoms with Gasteiger partial charge in [-0.25, -0.2) is 0 Å². The normalized spacial score (nSPS) is 10.2. The minimum Gasteiger partial charge on any atom is -0.494 e. The number of hydrogen-bond acceptors (Lipinski definition) is 4. The molecule has 0 saturated carbocycles. The Morgan fingerprint density at radius 2 is 1.29 bits per heavy atom. The van der Waals surface area contributed by atoms with Crippen molar-refractivity contribution in [3.05, 3.63) is 77.8 Å². The van der Waals surface area contributed by atoms with Gasteiger partial charge in [-0.05, 0) is 79.7 Å². The molecule has 1 amide bonds. The summed E-state index contributed by atoms with van der Waals surface area (Å²) in [6.45, 7) is 2.47. The van der Waals surface area contributed by atoms with E-state index in [2.05, 4.69) is 5.32 Å². The molecule has 0 fully saturated rings. The van der Waals surface area contributed by atoms with E-state index in [-0.39, 0.29) is 12.5 Å². The van der Waals surface area contributed by atoms with Gasteiger partial charge in [0.15, 0.2) is 6.61 Å². The summed E-state index contributed by atoms with van der Waals surface area (Å²) < 4.78 is 16.6. The number of ether oxygens (including phenoxy) is 3. The Morgan fingerprint density at radius 1 is 0.786 bits per heavy atom. The standard InChI is InChI=1S/C22H20ClNO4/c1-2-26-18-11-13-21(14-12-18)28-20-9-5-17(6-10-20)24-22(25)15-27-19-7-3-16(23)4-8-19/h3-14H,2,15H2,1H3,(H,24,25). The molecule has 3 aromatic carbocycles. The fraction of sp³-hybridized carbons (Fsp3) is 0.136. The number of anilines is 1. The number of halogens is 1. The number of carbonyl (C=O) groups excluding carboxylic acids is 1. The molecule has 6 heteroatoms. The van der Waals surface area contributed by atoms with Crippen LogP contribution in [0.1, 0.15) is 6.92 Å². The van der Waals surface area contributed by atoms with Crippen molar-refractivity contribution < 1.29 is 19.0 Å². The second-order valence-corrected chi connectivity index (χ2v) is 6.26. The molecule has 5 nitrogen and oxygen atoms in total. The van der Waals surface area contributed by atoms with Gasteiger partial charge in [-0.1, -0.05) is 11.6 Å². The predicted molar refractivity (Wildman–Crippen MR) is 110 cm³/mol. The first-order chi connectivity index (χ1) is 13.6. The fourth-order valence-electron chi connectivity index (χ4n) is 2.39.